The molecule has 0 radical (unpaired) electrons. The zero-order valence-corrected chi connectivity index (χ0v) is 16.8. The second kappa shape index (κ2) is 9.01. The van der Waals surface area contributed by atoms with E-state index in [0.717, 1.165) is 5.52 Å². The van der Waals surface area contributed by atoms with Crippen LogP contribution >= 0.6 is 0 Å². The van der Waals surface area contributed by atoms with Crippen molar-refractivity contribution in [1.29, 1.82) is 5.26 Å². The maximum Gasteiger partial charge on any atom is 0.338 e. The molecule has 30 heavy (non-hydrogen) atoms. The van der Waals surface area contributed by atoms with Crippen LogP contribution in [0.15, 0.2) is 48.2 Å². The second-order valence-corrected chi connectivity index (χ2v) is 6.32. The zero-order chi connectivity index (χ0) is 21.7. The van der Waals surface area contributed by atoms with Crippen LogP contribution in [0.4, 0.5) is 0 Å². The molecule has 0 aliphatic carbocycles. The normalized spacial score (nSPS) is 12.6. The van der Waals surface area contributed by atoms with Crippen molar-refractivity contribution >= 4 is 22.6 Å². The topological polar surface area (TPSA) is 117 Å². The molecular weight excluding hydrogens is 386 g/mol. The van der Waals surface area contributed by atoms with Gasteiger partial charge in [-0.15, -0.1) is 0 Å². The largest absolute Gasteiger partial charge is 0.507 e. The number of carbonyl (C=O) groups excluding carboxylic acids is 1. The molecule has 8 heteroatoms. The number of nitriles is 1. The van der Waals surface area contributed by atoms with Crippen molar-refractivity contribution in [1.82, 2.24) is 9.97 Å². The van der Waals surface area contributed by atoms with E-state index in [-0.39, 0.29) is 17.0 Å². The van der Waals surface area contributed by atoms with Crippen LogP contribution in [0.25, 0.3) is 16.6 Å². The Morgan fingerprint density at radius 2 is 2.03 bits per heavy atom. The molecule has 1 atom stereocenters. The number of para-hydroxylation sites is 2. The lowest BCUT2D eigenvalue weighted by molar-refractivity contribution is 0.0333. The second-order valence-electron chi connectivity index (χ2n) is 6.32. The summed E-state index contributed by atoms with van der Waals surface area (Å²) >= 11 is 0. The Balaban J connectivity index is 1.84. The van der Waals surface area contributed by atoms with E-state index in [0.29, 0.717) is 23.6 Å². The van der Waals surface area contributed by atoms with Crippen LogP contribution in [0.5, 0.6) is 11.5 Å². The number of aliphatic hydroxyl groups excluding tert-OH is 1. The average molecular weight is 407 g/mol. The van der Waals surface area contributed by atoms with Gasteiger partial charge in [0.15, 0.2) is 29.2 Å². The van der Waals surface area contributed by atoms with Gasteiger partial charge in [0.05, 0.1) is 30.3 Å². The summed E-state index contributed by atoms with van der Waals surface area (Å²) < 4.78 is 16.0. The fraction of sp³-hybridized carbons (Fsp3) is 0.227. The van der Waals surface area contributed by atoms with E-state index in [4.69, 9.17) is 14.2 Å². The highest BCUT2D eigenvalue weighted by Gasteiger charge is 2.22. The molecule has 0 saturated heterocycles. The molecule has 2 aromatic carbocycles. The number of hydrogen-bond acceptors (Lipinski definition) is 7. The molecule has 0 spiro atoms. The van der Waals surface area contributed by atoms with Gasteiger partial charge in [0.2, 0.25) is 0 Å². The number of hydrogen-bond donors (Lipinski definition) is 2. The number of benzene rings is 2. The Hall–Kier alpha value is -3.99. The Kier molecular flexibility index (Phi) is 6.23. The number of fused-ring (bicyclic) bond motifs is 1. The van der Waals surface area contributed by atoms with E-state index in [1.54, 1.807) is 18.2 Å². The molecule has 2 N–H and O–H groups in total. The van der Waals surface area contributed by atoms with Crippen LogP contribution in [0.1, 0.15) is 30.0 Å². The fourth-order valence-electron chi connectivity index (χ4n) is 2.86. The van der Waals surface area contributed by atoms with Gasteiger partial charge in [0.25, 0.3) is 0 Å². The minimum absolute atomic E-state index is 0.101. The molecule has 8 nitrogen and oxygen atoms in total. The number of imidazole rings is 1. The molecular formula is C22H21N3O5. The van der Waals surface area contributed by atoms with E-state index in [1.807, 2.05) is 25.1 Å². The van der Waals surface area contributed by atoms with Gasteiger partial charge in [-0.05, 0) is 44.2 Å². The van der Waals surface area contributed by atoms with Gasteiger partial charge in [-0.25, -0.2) is 9.78 Å². The van der Waals surface area contributed by atoms with Crippen LogP contribution in [0, 0.1) is 11.3 Å². The van der Waals surface area contributed by atoms with Crippen molar-refractivity contribution in [2.45, 2.75) is 20.0 Å². The van der Waals surface area contributed by atoms with Crippen LogP contribution < -0.4 is 9.47 Å². The summed E-state index contributed by atoms with van der Waals surface area (Å²) in [6.45, 7) is 3.69. The molecule has 0 amide bonds. The lowest BCUT2D eigenvalue weighted by Gasteiger charge is -2.15. The first kappa shape index (κ1) is 20.7. The van der Waals surface area contributed by atoms with Crippen LogP contribution in [0.3, 0.4) is 0 Å². The van der Waals surface area contributed by atoms with Crippen LogP contribution in [-0.2, 0) is 4.74 Å². The average Bonchev–Trinajstić information content (AvgIpc) is 3.18. The Morgan fingerprint density at radius 1 is 1.27 bits per heavy atom. The minimum Gasteiger partial charge on any atom is -0.507 e. The standard InChI is InChI=1S/C22H21N3O5/c1-4-29-19-11-14(9-10-18(19)28-3)22(27)30-13(2)20(26)15(12-23)21-24-16-7-5-6-8-17(16)25-21/h5-11,13,26H,4H2,1-3H3,(H,24,25)/b20-15-/t13-/m0/s1. The molecule has 3 rings (SSSR count). The number of esters is 1. The first-order chi connectivity index (χ1) is 14.5. The molecule has 0 aliphatic rings. The predicted molar refractivity (Wildman–Crippen MR) is 110 cm³/mol. The van der Waals surface area contributed by atoms with Crippen LogP contribution in [0.2, 0.25) is 0 Å². The summed E-state index contributed by atoms with van der Waals surface area (Å²) in [6, 6.07) is 13.8. The maximum atomic E-state index is 12.5. The molecule has 0 saturated carbocycles. The Morgan fingerprint density at radius 3 is 2.70 bits per heavy atom. The van der Waals surface area contributed by atoms with E-state index in [2.05, 4.69) is 9.97 Å². The van der Waals surface area contributed by atoms with Gasteiger partial charge in [0.1, 0.15) is 11.6 Å². The highest BCUT2D eigenvalue weighted by atomic mass is 16.6. The van der Waals surface area contributed by atoms with Crippen molar-refractivity contribution < 1.29 is 24.1 Å². The summed E-state index contributed by atoms with van der Waals surface area (Å²) in [5.74, 6) is 0.00730. The van der Waals surface area contributed by atoms with Crippen molar-refractivity contribution in [3.8, 4) is 17.6 Å². The van der Waals surface area contributed by atoms with E-state index in [1.165, 1.54) is 26.2 Å². The third kappa shape index (κ3) is 4.20. The van der Waals surface area contributed by atoms with Gasteiger partial charge in [0, 0.05) is 0 Å². The number of allylic oxidation sites excluding steroid dienone is 1. The van der Waals surface area contributed by atoms with Gasteiger partial charge in [-0.2, -0.15) is 5.26 Å². The first-order valence-corrected chi connectivity index (χ1v) is 9.28. The van der Waals surface area contributed by atoms with E-state index < -0.39 is 17.8 Å². The van der Waals surface area contributed by atoms with Crippen LogP contribution in [-0.4, -0.2) is 40.9 Å². The molecule has 0 unspecified atom stereocenters. The number of nitrogens with one attached hydrogen (secondary N) is 1. The number of ether oxygens (including phenoxy) is 3. The van der Waals surface area contributed by atoms with Crippen molar-refractivity contribution in [2.24, 2.45) is 0 Å². The third-order valence-corrected chi connectivity index (χ3v) is 4.36. The predicted octanol–water partition coefficient (Wildman–Crippen LogP) is 4.01. The number of nitrogens with zero attached hydrogens (tertiary/aromatic N) is 2. The van der Waals surface area contributed by atoms with E-state index in [9.17, 15) is 15.2 Å². The van der Waals surface area contributed by atoms with Crippen molar-refractivity contribution in [3.05, 3.63) is 59.6 Å². The minimum atomic E-state index is -1.07. The number of aromatic amines is 1. The van der Waals surface area contributed by atoms with Gasteiger partial charge in [-0.3, -0.25) is 0 Å². The number of H-pyrrole nitrogens is 1. The highest BCUT2D eigenvalue weighted by Crippen LogP contribution is 2.29. The lowest BCUT2D eigenvalue weighted by atomic mass is 10.1. The number of aliphatic hydroxyl groups is 1. The molecule has 1 heterocycles. The monoisotopic (exact) mass is 407 g/mol. The highest BCUT2D eigenvalue weighted by molar-refractivity contribution is 5.91. The summed E-state index contributed by atoms with van der Waals surface area (Å²) in [5.41, 5.74) is 1.50. The number of rotatable bonds is 7. The van der Waals surface area contributed by atoms with Gasteiger partial charge >= 0.3 is 5.97 Å². The number of aromatic nitrogens is 2. The molecule has 0 bridgehead atoms. The van der Waals surface area contributed by atoms with Crippen molar-refractivity contribution in [3.63, 3.8) is 0 Å². The lowest BCUT2D eigenvalue weighted by Crippen LogP contribution is -2.18. The summed E-state index contributed by atoms with van der Waals surface area (Å²) in [7, 11) is 1.50. The van der Waals surface area contributed by atoms with Gasteiger partial charge in [-0.1, -0.05) is 12.1 Å². The summed E-state index contributed by atoms with van der Waals surface area (Å²) in [6.07, 6.45) is -1.07. The summed E-state index contributed by atoms with van der Waals surface area (Å²) in [4.78, 5) is 19.8. The number of methoxy groups -OCH3 is 1. The Bertz CT molecular complexity index is 1110. The molecule has 0 aliphatic heterocycles. The van der Waals surface area contributed by atoms with Crippen molar-refractivity contribution in [2.75, 3.05) is 13.7 Å². The zero-order valence-electron chi connectivity index (χ0n) is 16.8. The van der Waals surface area contributed by atoms with E-state index >= 15 is 0 Å². The molecule has 3 aromatic rings. The smallest absolute Gasteiger partial charge is 0.338 e. The summed E-state index contributed by atoms with van der Waals surface area (Å²) in [5, 5.41) is 20.1. The van der Waals surface area contributed by atoms with Gasteiger partial charge < -0.3 is 24.3 Å². The SMILES string of the molecule is CCOc1cc(C(=O)O[C@@H](C)/C(O)=C(\C#N)c2nc3ccccc3[nH]2)ccc1OC. The molecule has 0 fully saturated rings. The third-order valence-electron chi connectivity index (χ3n) is 4.36. The molecule has 1 aromatic heterocycles. The quantitative estimate of drug-likeness (QED) is 0.345. The fourth-order valence-corrected chi connectivity index (χ4v) is 2.86. The maximum absolute atomic E-state index is 12.5. The Labute approximate surface area is 173 Å². The number of carbonyl (C=O) groups is 1. The molecule has 154 valence electrons. The first-order valence-electron chi connectivity index (χ1n) is 9.28.